The smallest absolute Gasteiger partial charge is 0.191 e. The van der Waals surface area contributed by atoms with E-state index in [1.54, 1.807) is 0 Å². The summed E-state index contributed by atoms with van der Waals surface area (Å²) in [5, 5.41) is 16.6. The number of benzene rings is 2. The Morgan fingerprint density at radius 1 is 1.05 bits per heavy atom. The van der Waals surface area contributed by atoms with Crippen LogP contribution in [0.5, 0.6) is 0 Å². The highest BCUT2D eigenvalue weighted by Crippen LogP contribution is 2.21. The minimum Gasteiger partial charge on any atom is -0.387 e. The predicted octanol–water partition coefficient (Wildman–Crippen LogP) is 2.33. The molecule has 2 aromatic carbocycles. The third kappa shape index (κ3) is 3.65. The molecule has 0 spiro atoms. The minimum absolute atomic E-state index is 0.455. The minimum atomic E-state index is -0.545. The van der Waals surface area contributed by atoms with Gasteiger partial charge in [0.05, 0.1) is 6.10 Å². The number of rotatable bonds is 4. The second kappa shape index (κ2) is 7.09. The van der Waals surface area contributed by atoms with Gasteiger partial charge in [0.2, 0.25) is 0 Å². The maximum Gasteiger partial charge on any atom is 0.191 e. The van der Waals surface area contributed by atoms with Gasteiger partial charge < -0.3 is 15.7 Å². The van der Waals surface area contributed by atoms with E-state index in [2.05, 4.69) is 27.8 Å². The first-order chi connectivity index (χ1) is 10.8. The number of nitrogens with one attached hydrogen (secondary N) is 2. The molecule has 4 nitrogen and oxygen atoms in total. The summed E-state index contributed by atoms with van der Waals surface area (Å²) in [5.41, 5.74) is 3.24. The first kappa shape index (κ1) is 14.6. The van der Waals surface area contributed by atoms with E-state index in [0.29, 0.717) is 6.54 Å². The van der Waals surface area contributed by atoms with Gasteiger partial charge in [0.15, 0.2) is 5.96 Å². The average Bonchev–Trinajstić information content (AvgIpc) is 2.61. The van der Waals surface area contributed by atoms with Gasteiger partial charge in [-0.05, 0) is 23.1 Å². The maximum atomic E-state index is 10.3. The Bertz CT molecular complexity index is 623. The Hall–Kier alpha value is -2.33. The number of nitrogens with zero attached hydrogens (tertiary/aromatic N) is 1. The lowest BCUT2D eigenvalue weighted by atomic mass is 10.0. The van der Waals surface area contributed by atoms with Gasteiger partial charge >= 0.3 is 0 Å². The van der Waals surface area contributed by atoms with E-state index < -0.39 is 6.10 Å². The molecule has 0 saturated carbocycles. The zero-order chi connectivity index (χ0) is 15.2. The molecule has 0 aliphatic carbocycles. The highest BCUT2D eigenvalue weighted by Gasteiger charge is 2.10. The standard InChI is InChI=1S/C18H21N3O/c22-17(13-21-18-19-11-4-12-20-18)16-9-7-15(8-10-16)14-5-2-1-3-6-14/h1-3,5-10,17,22H,4,11-13H2,(H2,19,20,21). The molecule has 3 rings (SSSR count). The monoisotopic (exact) mass is 295 g/mol. The summed E-state index contributed by atoms with van der Waals surface area (Å²) < 4.78 is 0. The van der Waals surface area contributed by atoms with Crippen LogP contribution in [0.3, 0.4) is 0 Å². The van der Waals surface area contributed by atoms with Crippen LogP contribution in [0, 0.1) is 0 Å². The van der Waals surface area contributed by atoms with Crippen molar-refractivity contribution in [3.8, 4) is 11.1 Å². The largest absolute Gasteiger partial charge is 0.387 e. The lowest BCUT2D eigenvalue weighted by molar-refractivity contribution is 0.181. The number of guanidine groups is 1. The summed E-state index contributed by atoms with van der Waals surface area (Å²) in [5.74, 6) is 0.784. The van der Waals surface area contributed by atoms with Gasteiger partial charge in [0, 0.05) is 19.6 Å². The van der Waals surface area contributed by atoms with Crippen molar-refractivity contribution in [1.29, 1.82) is 0 Å². The lowest BCUT2D eigenvalue weighted by Crippen LogP contribution is -2.42. The number of aliphatic hydroxyl groups excluding tert-OH is 1. The van der Waals surface area contributed by atoms with Gasteiger partial charge in [0.25, 0.3) is 0 Å². The summed E-state index contributed by atoms with van der Waals surface area (Å²) in [6.07, 6.45) is 0.519. The van der Waals surface area contributed by atoms with Crippen LogP contribution in [0.4, 0.5) is 0 Å². The van der Waals surface area contributed by atoms with Gasteiger partial charge in [-0.1, -0.05) is 54.6 Å². The third-order valence-corrected chi connectivity index (χ3v) is 3.76. The molecule has 1 atom stereocenters. The van der Waals surface area contributed by atoms with Crippen LogP contribution in [-0.2, 0) is 0 Å². The van der Waals surface area contributed by atoms with Crippen LogP contribution in [0.1, 0.15) is 18.1 Å². The fourth-order valence-electron chi connectivity index (χ4n) is 2.49. The zero-order valence-corrected chi connectivity index (χ0v) is 12.5. The Morgan fingerprint density at radius 2 is 1.77 bits per heavy atom. The van der Waals surface area contributed by atoms with E-state index in [9.17, 15) is 5.11 Å². The topological polar surface area (TPSA) is 56.6 Å². The molecule has 0 amide bonds. The Morgan fingerprint density at radius 3 is 2.45 bits per heavy atom. The number of aliphatic hydroxyl groups is 1. The van der Waals surface area contributed by atoms with Crippen molar-refractivity contribution >= 4 is 5.96 Å². The molecule has 0 radical (unpaired) electrons. The van der Waals surface area contributed by atoms with Crippen molar-refractivity contribution in [2.45, 2.75) is 12.5 Å². The van der Waals surface area contributed by atoms with E-state index in [0.717, 1.165) is 36.6 Å². The summed E-state index contributed by atoms with van der Waals surface area (Å²) in [6.45, 7) is 2.24. The molecule has 2 aromatic rings. The molecule has 0 aromatic heterocycles. The molecule has 114 valence electrons. The number of hydrogen-bond donors (Lipinski definition) is 3. The van der Waals surface area contributed by atoms with Crippen LogP contribution >= 0.6 is 0 Å². The fourth-order valence-corrected chi connectivity index (χ4v) is 2.49. The molecule has 0 saturated heterocycles. The zero-order valence-electron chi connectivity index (χ0n) is 12.5. The molecule has 1 aliphatic heterocycles. The van der Waals surface area contributed by atoms with Gasteiger partial charge in [-0.15, -0.1) is 0 Å². The van der Waals surface area contributed by atoms with E-state index in [4.69, 9.17) is 0 Å². The molecule has 22 heavy (non-hydrogen) atoms. The number of hydrogen-bond acceptors (Lipinski definition) is 4. The second-order valence-electron chi connectivity index (χ2n) is 5.40. The SMILES string of the molecule is OC(CNC1=NCCCN1)c1ccc(-c2ccccc2)cc1. The molecular weight excluding hydrogens is 274 g/mol. The maximum absolute atomic E-state index is 10.3. The molecule has 3 N–H and O–H groups in total. The molecule has 1 unspecified atom stereocenters. The summed E-state index contributed by atoms with van der Waals surface area (Å²) in [6, 6.07) is 18.3. The highest BCUT2D eigenvalue weighted by atomic mass is 16.3. The van der Waals surface area contributed by atoms with Crippen molar-refractivity contribution in [1.82, 2.24) is 10.6 Å². The van der Waals surface area contributed by atoms with E-state index in [1.807, 2.05) is 42.5 Å². The van der Waals surface area contributed by atoms with Crippen molar-refractivity contribution in [3.05, 3.63) is 60.2 Å². The Labute approximate surface area is 130 Å². The van der Waals surface area contributed by atoms with Gasteiger partial charge in [-0.2, -0.15) is 0 Å². The fraction of sp³-hybridized carbons (Fsp3) is 0.278. The first-order valence-electron chi connectivity index (χ1n) is 7.68. The van der Waals surface area contributed by atoms with Crippen LogP contribution in [-0.4, -0.2) is 30.7 Å². The molecule has 1 heterocycles. The predicted molar refractivity (Wildman–Crippen MR) is 89.8 cm³/mol. The average molecular weight is 295 g/mol. The van der Waals surface area contributed by atoms with Crippen LogP contribution < -0.4 is 10.6 Å². The highest BCUT2D eigenvalue weighted by molar-refractivity contribution is 5.80. The van der Waals surface area contributed by atoms with Gasteiger partial charge in [-0.25, -0.2) is 0 Å². The number of aliphatic imine (C=N–C) groups is 1. The van der Waals surface area contributed by atoms with Crippen molar-refractivity contribution in [3.63, 3.8) is 0 Å². The van der Waals surface area contributed by atoms with Crippen molar-refractivity contribution in [2.75, 3.05) is 19.6 Å². The quantitative estimate of drug-likeness (QED) is 0.811. The van der Waals surface area contributed by atoms with E-state index >= 15 is 0 Å². The summed E-state index contributed by atoms with van der Waals surface area (Å²) in [4.78, 5) is 4.33. The van der Waals surface area contributed by atoms with Gasteiger partial charge in [-0.3, -0.25) is 4.99 Å². The lowest BCUT2D eigenvalue weighted by Gasteiger charge is -2.18. The van der Waals surface area contributed by atoms with Gasteiger partial charge in [0.1, 0.15) is 0 Å². The van der Waals surface area contributed by atoms with Crippen LogP contribution in [0.25, 0.3) is 11.1 Å². The third-order valence-electron chi connectivity index (χ3n) is 3.76. The van der Waals surface area contributed by atoms with Crippen LogP contribution in [0.2, 0.25) is 0 Å². The van der Waals surface area contributed by atoms with Crippen molar-refractivity contribution in [2.24, 2.45) is 4.99 Å². The van der Waals surface area contributed by atoms with Crippen molar-refractivity contribution < 1.29 is 5.11 Å². The molecule has 4 heteroatoms. The first-order valence-corrected chi connectivity index (χ1v) is 7.68. The Kier molecular flexibility index (Phi) is 4.71. The van der Waals surface area contributed by atoms with Crippen LogP contribution in [0.15, 0.2) is 59.6 Å². The summed E-state index contributed by atoms with van der Waals surface area (Å²) >= 11 is 0. The molecule has 1 aliphatic rings. The second-order valence-corrected chi connectivity index (χ2v) is 5.40. The normalized spacial score (nSPS) is 15.6. The van der Waals surface area contributed by atoms with E-state index in [1.165, 1.54) is 5.56 Å². The molecule has 0 bridgehead atoms. The molecular formula is C18H21N3O. The summed E-state index contributed by atoms with van der Waals surface area (Å²) in [7, 11) is 0. The van der Waals surface area contributed by atoms with E-state index in [-0.39, 0.29) is 0 Å². The Balaban J connectivity index is 1.61. The molecule has 0 fully saturated rings.